The highest BCUT2D eigenvalue weighted by Gasteiger charge is 2.25. The van der Waals surface area contributed by atoms with E-state index in [0.29, 0.717) is 11.7 Å². The Morgan fingerprint density at radius 2 is 2.22 bits per heavy atom. The summed E-state index contributed by atoms with van der Waals surface area (Å²) in [7, 11) is 0. The number of hydrogen-bond donors (Lipinski definition) is 0. The van der Waals surface area contributed by atoms with Crippen LogP contribution in [0.1, 0.15) is 49.4 Å². The zero-order valence-electron chi connectivity index (χ0n) is 11.5. The number of carbonyl (C=O) groups is 1. The highest BCUT2D eigenvalue weighted by Crippen LogP contribution is 2.25. The topological polar surface area (TPSA) is 46.3 Å². The van der Waals surface area contributed by atoms with Gasteiger partial charge in [-0.15, -0.1) is 0 Å². The summed E-state index contributed by atoms with van der Waals surface area (Å²) in [6, 6.07) is 1.72. The maximum atomic E-state index is 12.2. The molecule has 2 heterocycles. The number of amides is 1. The van der Waals surface area contributed by atoms with E-state index in [9.17, 15) is 4.79 Å². The molecule has 1 fully saturated rings. The van der Waals surface area contributed by atoms with Gasteiger partial charge in [-0.2, -0.15) is 0 Å². The molecule has 100 valence electrons. The molecule has 18 heavy (non-hydrogen) atoms. The molecule has 0 saturated carbocycles. The molecule has 1 unspecified atom stereocenters. The van der Waals surface area contributed by atoms with Gasteiger partial charge >= 0.3 is 0 Å². The van der Waals surface area contributed by atoms with Crippen LogP contribution in [0.5, 0.6) is 0 Å². The van der Waals surface area contributed by atoms with Crippen LogP contribution in [-0.4, -0.2) is 29.1 Å². The molecule has 4 heteroatoms. The minimum atomic E-state index is -0.0139. The summed E-state index contributed by atoms with van der Waals surface area (Å²) in [4.78, 5) is 14.1. The number of aromatic nitrogens is 1. The Labute approximate surface area is 108 Å². The Morgan fingerprint density at radius 1 is 1.44 bits per heavy atom. The average Bonchev–Trinajstić information content (AvgIpc) is 2.63. The number of likely N-dealkylation sites (tertiary alicyclic amines) is 1. The van der Waals surface area contributed by atoms with E-state index in [1.165, 1.54) is 6.42 Å². The Bertz CT molecular complexity index is 412. The van der Waals surface area contributed by atoms with Crippen molar-refractivity contribution in [2.45, 2.75) is 40.0 Å². The predicted molar refractivity (Wildman–Crippen MR) is 69.3 cm³/mol. The second-order valence-electron chi connectivity index (χ2n) is 5.56. The zero-order valence-corrected chi connectivity index (χ0v) is 11.5. The van der Waals surface area contributed by atoms with Crippen LogP contribution in [0.25, 0.3) is 0 Å². The first kappa shape index (κ1) is 13.1. The molecule has 0 aromatic carbocycles. The van der Waals surface area contributed by atoms with E-state index in [-0.39, 0.29) is 5.91 Å². The van der Waals surface area contributed by atoms with E-state index in [1.807, 2.05) is 11.8 Å². The van der Waals surface area contributed by atoms with Gasteiger partial charge in [0.15, 0.2) is 0 Å². The molecule has 1 saturated heterocycles. The Hall–Kier alpha value is -1.32. The summed E-state index contributed by atoms with van der Waals surface area (Å²) in [5.74, 6) is 1.79. The first-order chi connectivity index (χ1) is 8.58. The molecule has 1 atom stereocenters. The maximum absolute atomic E-state index is 12.2. The van der Waals surface area contributed by atoms with Crippen LogP contribution in [0.4, 0.5) is 0 Å². The highest BCUT2D eigenvalue weighted by atomic mass is 16.5. The number of nitrogens with zero attached hydrogens (tertiary/aromatic N) is 2. The molecule has 0 aliphatic carbocycles. The number of aryl methyl sites for hydroxylation is 1. The van der Waals surface area contributed by atoms with Gasteiger partial charge in [0.25, 0.3) is 5.91 Å². The third kappa shape index (κ3) is 2.92. The van der Waals surface area contributed by atoms with Gasteiger partial charge in [-0.05, 0) is 38.0 Å². The molecule has 1 aliphatic rings. The molecule has 0 radical (unpaired) electrons. The second-order valence-corrected chi connectivity index (χ2v) is 5.56. The van der Waals surface area contributed by atoms with Crippen molar-refractivity contribution in [3.05, 3.63) is 17.5 Å². The van der Waals surface area contributed by atoms with E-state index in [0.717, 1.165) is 37.5 Å². The summed E-state index contributed by atoms with van der Waals surface area (Å²) in [6.45, 7) is 8.03. The molecule has 4 nitrogen and oxygen atoms in total. The van der Waals surface area contributed by atoms with Crippen molar-refractivity contribution in [2.75, 3.05) is 13.1 Å². The second kappa shape index (κ2) is 5.55. The van der Waals surface area contributed by atoms with Crippen LogP contribution in [0, 0.1) is 18.8 Å². The third-order valence-corrected chi connectivity index (χ3v) is 3.84. The van der Waals surface area contributed by atoms with E-state index in [1.54, 1.807) is 6.07 Å². The van der Waals surface area contributed by atoms with Gasteiger partial charge in [-0.3, -0.25) is 4.79 Å². The van der Waals surface area contributed by atoms with Gasteiger partial charge in [-0.25, -0.2) is 0 Å². The minimum absolute atomic E-state index is 0.0139. The monoisotopic (exact) mass is 250 g/mol. The average molecular weight is 250 g/mol. The lowest BCUT2D eigenvalue weighted by atomic mass is 9.89. The van der Waals surface area contributed by atoms with E-state index in [2.05, 4.69) is 19.0 Å². The molecule has 1 amide bonds. The van der Waals surface area contributed by atoms with E-state index >= 15 is 0 Å². The Kier molecular flexibility index (Phi) is 4.04. The fourth-order valence-corrected chi connectivity index (χ4v) is 2.61. The van der Waals surface area contributed by atoms with Gasteiger partial charge in [0.05, 0.1) is 5.69 Å². The van der Waals surface area contributed by atoms with Crippen LogP contribution < -0.4 is 0 Å². The summed E-state index contributed by atoms with van der Waals surface area (Å²) in [6.07, 6.45) is 3.40. The number of hydrogen-bond acceptors (Lipinski definition) is 3. The molecule has 0 N–H and O–H groups in total. The first-order valence-electron chi connectivity index (χ1n) is 6.80. The van der Waals surface area contributed by atoms with Crippen LogP contribution >= 0.6 is 0 Å². The molecule has 1 aliphatic heterocycles. The molecular weight excluding hydrogens is 228 g/mol. The van der Waals surface area contributed by atoms with Gasteiger partial charge in [0, 0.05) is 19.2 Å². The lowest BCUT2D eigenvalue weighted by Crippen LogP contribution is -2.31. The zero-order chi connectivity index (χ0) is 13.1. The van der Waals surface area contributed by atoms with Gasteiger partial charge in [0.2, 0.25) is 5.76 Å². The van der Waals surface area contributed by atoms with Crippen molar-refractivity contribution in [1.29, 1.82) is 0 Å². The van der Waals surface area contributed by atoms with E-state index in [4.69, 9.17) is 4.52 Å². The first-order valence-corrected chi connectivity index (χ1v) is 6.80. The quantitative estimate of drug-likeness (QED) is 0.810. The van der Waals surface area contributed by atoms with Gasteiger partial charge in [0.1, 0.15) is 0 Å². The molecule has 1 aromatic heterocycles. The molecule has 1 aromatic rings. The molecular formula is C14H22N2O2. The SMILES string of the molecule is Cc1cc(C(=O)N2CCCC(C(C)C)CC2)on1. The summed E-state index contributed by atoms with van der Waals surface area (Å²) in [5, 5.41) is 3.78. The maximum Gasteiger partial charge on any atom is 0.292 e. The lowest BCUT2D eigenvalue weighted by Gasteiger charge is -2.20. The molecule has 2 rings (SSSR count). The Morgan fingerprint density at radius 3 is 2.83 bits per heavy atom. The number of carbonyl (C=O) groups excluding carboxylic acids is 1. The smallest absolute Gasteiger partial charge is 0.292 e. The van der Waals surface area contributed by atoms with Crippen LogP contribution in [0.15, 0.2) is 10.6 Å². The number of rotatable bonds is 2. The predicted octanol–water partition coefficient (Wildman–Crippen LogP) is 2.88. The van der Waals surface area contributed by atoms with Crippen LogP contribution in [0.3, 0.4) is 0 Å². The Balaban J connectivity index is 1.99. The van der Waals surface area contributed by atoms with Gasteiger partial charge < -0.3 is 9.42 Å². The minimum Gasteiger partial charge on any atom is -0.351 e. The van der Waals surface area contributed by atoms with Crippen molar-refractivity contribution in [2.24, 2.45) is 11.8 Å². The highest BCUT2D eigenvalue weighted by molar-refractivity contribution is 5.91. The largest absolute Gasteiger partial charge is 0.351 e. The lowest BCUT2D eigenvalue weighted by molar-refractivity contribution is 0.0717. The summed E-state index contributed by atoms with van der Waals surface area (Å²) in [5.41, 5.74) is 0.758. The standard InChI is InChI=1S/C14H22N2O2/c1-10(2)12-5-4-7-16(8-6-12)14(17)13-9-11(3)15-18-13/h9-10,12H,4-8H2,1-3H3. The fourth-order valence-electron chi connectivity index (χ4n) is 2.61. The van der Waals surface area contributed by atoms with Crippen LogP contribution in [0.2, 0.25) is 0 Å². The van der Waals surface area contributed by atoms with Gasteiger partial charge in [-0.1, -0.05) is 19.0 Å². The normalized spacial score (nSPS) is 21.1. The van der Waals surface area contributed by atoms with Crippen molar-refractivity contribution in [1.82, 2.24) is 10.1 Å². The molecule has 0 spiro atoms. The molecule has 0 bridgehead atoms. The van der Waals surface area contributed by atoms with Crippen molar-refractivity contribution >= 4 is 5.91 Å². The summed E-state index contributed by atoms with van der Waals surface area (Å²) >= 11 is 0. The van der Waals surface area contributed by atoms with Crippen LogP contribution in [-0.2, 0) is 0 Å². The third-order valence-electron chi connectivity index (χ3n) is 3.84. The van der Waals surface area contributed by atoms with Crippen molar-refractivity contribution in [3.63, 3.8) is 0 Å². The fraction of sp³-hybridized carbons (Fsp3) is 0.714. The van der Waals surface area contributed by atoms with E-state index < -0.39 is 0 Å². The van der Waals surface area contributed by atoms with Crippen molar-refractivity contribution in [3.8, 4) is 0 Å². The summed E-state index contributed by atoms with van der Waals surface area (Å²) < 4.78 is 5.05. The van der Waals surface area contributed by atoms with Crippen molar-refractivity contribution < 1.29 is 9.32 Å².